The summed E-state index contributed by atoms with van der Waals surface area (Å²) in [4.78, 5) is 2.11. The van der Waals surface area contributed by atoms with Crippen LogP contribution in [0.2, 0.25) is 0 Å². The van der Waals surface area contributed by atoms with Crippen molar-refractivity contribution in [2.75, 3.05) is 19.0 Å². The number of fused-ring (bicyclic) bond motifs is 1. The van der Waals surface area contributed by atoms with Gasteiger partial charge < -0.3 is 21.9 Å². The molecule has 25 heavy (non-hydrogen) atoms. The average Bonchev–Trinajstić information content (AvgIpc) is 2.61. The highest BCUT2D eigenvalue weighted by atomic mass is 79.9. The number of para-hydroxylation sites is 1. The van der Waals surface area contributed by atoms with E-state index in [9.17, 15) is 0 Å². The molecule has 0 N–H and O–H groups in total. The van der Waals surface area contributed by atoms with Crippen LogP contribution in [0.15, 0.2) is 73.3 Å². The van der Waals surface area contributed by atoms with Gasteiger partial charge in [0.25, 0.3) is 0 Å². The molecule has 0 amide bonds. The molecular weight excluding hydrogens is 372 g/mol. The molecule has 2 aromatic carbocycles. The minimum atomic E-state index is 0. The average molecular weight is 395 g/mol. The fourth-order valence-corrected chi connectivity index (χ4v) is 2.82. The van der Waals surface area contributed by atoms with Crippen molar-refractivity contribution in [2.45, 2.75) is 6.54 Å². The van der Waals surface area contributed by atoms with Crippen molar-refractivity contribution < 1.29 is 21.5 Å². The molecule has 3 aromatic rings. The zero-order valence-corrected chi connectivity index (χ0v) is 16.3. The van der Waals surface area contributed by atoms with E-state index in [4.69, 9.17) is 0 Å². The van der Waals surface area contributed by atoms with Crippen molar-refractivity contribution in [1.82, 2.24) is 0 Å². The zero-order valence-electron chi connectivity index (χ0n) is 14.7. The molecule has 0 spiro atoms. The van der Waals surface area contributed by atoms with E-state index in [1.165, 1.54) is 27.8 Å². The maximum absolute atomic E-state index is 3.90. The Labute approximate surface area is 160 Å². The fourth-order valence-electron chi connectivity index (χ4n) is 2.82. The van der Waals surface area contributed by atoms with Crippen LogP contribution in [-0.2, 0) is 6.54 Å². The molecule has 2 nitrogen and oxygen atoms in total. The van der Waals surface area contributed by atoms with Crippen LogP contribution in [0.25, 0.3) is 23.1 Å². The number of anilines is 1. The minimum absolute atomic E-state index is 0. The number of benzene rings is 2. The molecule has 0 unspecified atom stereocenters. The number of hydrogen-bond donors (Lipinski definition) is 0. The van der Waals surface area contributed by atoms with Crippen LogP contribution in [0, 0.1) is 0 Å². The summed E-state index contributed by atoms with van der Waals surface area (Å²) in [6.45, 7) is 4.69. The third-order valence-corrected chi connectivity index (χ3v) is 4.14. The van der Waals surface area contributed by atoms with Crippen molar-refractivity contribution >= 4 is 28.7 Å². The van der Waals surface area contributed by atoms with Gasteiger partial charge in [-0.15, -0.1) is 0 Å². The maximum Gasteiger partial charge on any atom is 0.213 e. The van der Waals surface area contributed by atoms with E-state index >= 15 is 0 Å². The molecule has 0 aliphatic rings. The van der Waals surface area contributed by atoms with Gasteiger partial charge in [-0.25, -0.2) is 0 Å². The first-order valence-corrected chi connectivity index (χ1v) is 8.17. The summed E-state index contributed by atoms with van der Waals surface area (Å²) in [6.07, 6.45) is 6.26. The van der Waals surface area contributed by atoms with Crippen LogP contribution >= 0.6 is 0 Å². The van der Waals surface area contributed by atoms with E-state index in [-0.39, 0.29) is 17.0 Å². The normalized spacial score (nSPS) is 10.6. The van der Waals surface area contributed by atoms with Gasteiger partial charge in [-0.3, -0.25) is 0 Å². The van der Waals surface area contributed by atoms with Gasteiger partial charge in [0.05, 0.1) is 0 Å². The molecule has 0 saturated carbocycles. The third-order valence-electron chi connectivity index (χ3n) is 4.14. The molecule has 3 heteroatoms. The fraction of sp³-hybridized carbons (Fsp3) is 0.136. The van der Waals surface area contributed by atoms with Gasteiger partial charge in [0.15, 0.2) is 6.54 Å². The molecule has 0 saturated heterocycles. The molecule has 0 aliphatic heterocycles. The smallest absolute Gasteiger partial charge is 0.213 e. The summed E-state index contributed by atoms with van der Waals surface area (Å²) < 4.78 is 2.28. The van der Waals surface area contributed by atoms with E-state index < -0.39 is 0 Å². The van der Waals surface area contributed by atoms with Gasteiger partial charge >= 0.3 is 0 Å². The summed E-state index contributed by atoms with van der Waals surface area (Å²) in [6, 6.07) is 21.3. The molecule has 128 valence electrons. The quantitative estimate of drug-likeness (QED) is 0.470. The van der Waals surface area contributed by atoms with Gasteiger partial charge in [-0.1, -0.05) is 30.8 Å². The summed E-state index contributed by atoms with van der Waals surface area (Å²) in [7, 11) is 4.11. The molecule has 0 fully saturated rings. The number of hydrogen-bond acceptors (Lipinski definition) is 1. The van der Waals surface area contributed by atoms with Crippen molar-refractivity contribution in [3.8, 4) is 0 Å². The molecule has 0 atom stereocenters. The highest BCUT2D eigenvalue weighted by Gasteiger charge is 2.11. The number of pyridine rings is 1. The summed E-state index contributed by atoms with van der Waals surface area (Å²) in [5.74, 6) is 0. The predicted octanol–water partition coefficient (Wildman–Crippen LogP) is 1.55. The summed E-state index contributed by atoms with van der Waals surface area (Å²) in [5.41, 5.74) is 4.80. The van der Waals surface area contributed by atoms with Crippen LogP contribution in [0.1, 0.15) is 11.3 Å². The Morgan fingerprint density at radius 1 is 0.920 bits per heavy atom. The van der Waals surface area contributed by atoms with Crippen molar-refractivity contribution in [3.63, 3.8) is 0 Å². The number of rotatable bonds is 5. The van der Waals surface area contributed by atoms with Crippen LogP contribution in [0.4, 0.5) is 5.69 Å². The van der Waals surface area contributed by atoms with Crippen LogP contribution in [0.3, 0.4) is 0 Å². The van der Waals surface area contributed by atoms with Crippen LogP contribution in [-0.4, -0.2) is 14.1 Å². The van der Waals surface area contributed by atoms with Crippen LogP contribution in [0.5, 0.6) is 0 Å². The largest absolute Gasteiger partial charge is 1.00 e. The van der Waals surface area contributed by atoms with Gasteiger partial charge in [0.1, 0.15) is 0 Å². The maximum atomic E-state index is 3.90. The van der Waals surface area contributed by atoms with E-state index in [0.717, 1.165) is 6.54 Å². The highest BCUT2D eigenvalue weighted by Crippen LogP contribution is 2.15. The Morgan fingerprint density at radius 3 is 2.32 bits per heavy atom. The van der Waals surface area contributed by atoms with Crippen molar-refractivity contribution in [3.05, 3.63) is 84.6 Å². The lowest BCUT2D eigenvalue weighted by Gasteiger charge is -2.11. The lowest BCUT2D eigenvalue weighted by atomic mass is 10.1. The van der Waals surface area contributed by atoms with Gasteiger partial charge in [-0.2, -0.15) is 4.57 Å². The molecule has 0 aliphatic carbocycles. The van der Waals surface area contributed by atoms with E-state index in [1.54, 1.807) is 0 Å². The molecule has 1 heterocycles. The zero-order chi connectivity index (χ0) is 16.9. The van der Waals surface area contributed by atoms with Gasteiger partial charge in [0, 0.05) is 43.4 Å². The van der Waals surface area contributed by atoms with E-state index in [1.807, 2.05) is 6.08 Å². The molecule has 0 radical (unpaired) electrons. The van der Waals surface area contributed by atoms with Crippen molar-refractivity contribution in [1.29, 1.82) is 0 Å². The lowest BCUT2D eigenvalue weighted by molar-refractivity contribution is -0.662. The van der Waals surface area contributed by atoms with E-state index in [2.05, 4.69) is 103 Å². The topological polar surface area (TPSA) is 7.12 Å². The Hall–Kier alpha value is -2.39. The Kier molecular flexibility index (Phi) is 6.54. The van der Waals surface area contributed by atoms with Crippen molar-refractivity contribution in [2.24, 2.45) is 0 Å². The number of aromatic nitrogens is 1. The number of nitrogens with zero attached hydrogens (tertiary/aromatic N) is 2. The molecule has 3 rings (SSSR count). The lowest BCUT2D eigenvalue weighted by Crippen LogP contribution is -3.00. The minimum Gasteiger partial charge on any atom is -1.00 e. The van der Waals surface area contributed by atoms with Gasteiger partial charge in [-0.05, 0) is 42.0 Å². The Bertz CT molecular complexity index is 880. The first-order chi connectivity index (χ1) is 11.7. The standard InChI is InChI=1S/C22H23N2.BrH/c1-4-17-24-21(16-12-19-7-5-6-8-22(19)24)15-11-18-9-13-20(14-10-18)23(2)3;/h4-16H,1,17H2,2-3H3;1H/q+1;/p-1. The third kappa shape index (κ3) is 4.37. The predicted molar refractivity (Wildman–Crippen MR) is 104 cm³/mol. The monoisotopic (exact) mass is 394 g/mol. The summed E-state index contributed by atoms with van der Waals surface area (Å²) >= 11 is 0. The summed E-state index contributed by atoms with van der Waals surface area (Å²) in [5, 5.41) is 1.24. The number of halogens is 1. The second-order valence-corrected chi connectivity index (χ2v) is 6.04. The first kappa shape index (κ1) is 18.9. The molecule has 0 bridgehead atoms. The van der Waals surface area contributed by atoms with Crippen LogP contribution < -0.4 is 26.4 Å². The van der Waals surface area contributed by atoms with E-state index in [0.29, 0.717) is 0 Å². The second kappa shape index (κ2) is 8.63. The molecular formula is C22H23BrN2. The Balaban J connectivity index is 0.00000225. The highest BCUT2D eigenvalue weighted by molar-refractivity contribution is 5.77. The van der Waals surface area contributed by atoms with Gasteiger partial charge in [0.2, 0.25) is 11.2 Å². The SMILES string of the molecule is C=CC[n+]1c(C=Cc2ccc(N(C)C)cc2)ccc2ccccc21.[Br-]. The second-order valence-electron chi connectivity index (χ2n) is 6.04. The first-order valence-electron chi connectivity index (χ1n) is 8.17. The Morgan fingerprint density at radius 2 is 1.64 bits per heavy atom. The molecule has 1 aromatic heterocycles. The number of allylic oxidation sites excluding steroid dienone is 1.